The molecule has 3 heterocycles. The molecule has 0 atom stereocenters. The van der Waals surface area contributed by atoms with E-state index in [4.69, 9.17) is 9.68 Å². The molecule has 138 valence electrons. The number of aromatic nitrogens is 3. The van der Waals surface area contributed by atoms with Gasteiger partial charge in [-0.25, -0.2) is 9.97 Å². The van der Waals surface area contributed by atoms with E-state index in [1.807, 2.05) is 55.7 Å². The van der Waals surface area contributed by atoms with E-state index in [1.165, 1.54) is 24.0 Å². The number of aryl methyl sites for hydroxylation is 2. The molecule has 0 radical (unpaired) electrons. The highest BCUT2D eigenvalue weighted by atomic mass is 16.3. The van der Waals surface area contributed by atoms with Crippen molar-refractivity contribution >= 4 is 22.8 Å². The Hall–Kier alpha value is -3.92. The number of nitriles is 1. The van der Waals surface area contributed by atoms with Gasteiger partial charge in [0.15, 0.2) is 11.4 Å². The Morgan fingerprint density at radius 1 is 1.11 bits per heavy atom. The van der Waals surface area contributed by atoms with Crippen LogP contribution < -0.4 is 5.32 Å². The summed E-state index contributed by atoms with van der Waals surface area (Å²) in [6.07, 6.45) is 1.42. The van der Waals surface area contributed by atoms with Crippen LogP contribution in [0.2, 0.25) is 0 Å². The van der Waals surface area contributed by atoms with Gasteiger partial charge in [0.05, 0.1) is 5.39 Å². The molecule has 1 N–H and O–H groups in total. The molecule has 0 aliphatic heterocycles. The molecule has 0 aliphatic rings. The number of rotatable bonds is 3. The fourth-order valence-electron chi connectivity index (χ4n) is 3.19. The van der Waals surface area contributed by atoms with Crippen molar-refractivity contribution < 1.29 is 9.21 Å². The molecule has 4 aromatic rings. The molecule has 0 bridgehead atoms. The summed E-state index contributed by atoms with van der Waals surface area (Å²) in [4.78, 5) is 21.2. The number of furan rings is 1. The third-order valence-electron chi connectivity index (χ3n) is 4.76. The summed E-state index contributed by atoms with van der Waals surface area (Å²) < 4.78 is 7.24. The monoisotopic (exact) mass is 371 g/mol. The van der Waals surface area contributed by atoms with Crippen LogP contribution in [-0.4, -0.2) is 20.4 Å². The normalized spacial score (nSPS) is 10.8. The highest BCUT2D eigenvalue weighted by Gasteiger charge is 2.20. The molecule has 0 unspecified atom stereocenters. The largest absolute Gasteiger partial charge is 0.440 e. The van der Waals surface area contributed by atoms with Crippen LogP contribution in [0, 0.1) is 32.1 Å². The van der Waals surface area contributed by atoms with Crippen molar-refractivity contribution in [2.45, 2.75) is 20.8 Å². The second-order valence-corrected chi connectivity index (χ2v) is 6.53. The SMILES string of the molecule is Cc1ccc(-n2c(C)c(C)c3c(NC(=O)c4ccc(C#N)o4)ncnc32)cc1. The summed E-state index contributed by atoms with van der Waals surface area (Å²) in [6.45, 7) is 6.02. The molecular formula is C21H17N5O2. The molecule has 1 amide bonds. The van der Waals surface area contributed by atoms with Gasteiger partial charge in [0, 0.05) is 11.4 Å². The Morgan fingerprint density at radius 2 is 1.86 bits per heavy atom. The van der Waals surface area contributed by atoms with Crippen LogP contribution in [0.1, 0.15) is 33.1 Å². The van der Waals surface area contributed by atoms with Crippen LogP contribution in [0.5, 0.6) is 0 Å². The minimum Gasteiger partial charge on any atom is -0.440 e. The highest BCUT2D eigenvalue weighted by molar-refractivity contribution is 6.07. The molecule has 7 nitrogen and oxygen atoms in total. The Kier molecular flexibility index (Phi) is 4.17. The second-order valence-electron chi connectivity index (χ2n) is 6.53. The first-order valence-electron chi connectivity index (χ1n) is 8.70. The Labute approximate surface area is 161 Å². The van der Waals surface area contributed by atoms with Crippen molar-refractivity contribution in [1.82, 2.24) is 14.5 Å². The number of benzene rings is 1. The molecular weight excluding hydrogens is 354 g/mol. The molecule has 4 rings (SSSR count). The van der Waals surface area contributed by atoms with Gasteiger partial charge in [-0.1, -0.05) is 17.7 Å². The number of carbonyl (C=O) groups is 1. The van der Waals surface area contributed by atoms with Crippen LogP contribution in [0.4, 0.5) is 5.82 Å². The lowest BCUT2D eigenvalue weighted by Crippen LogP contribution is -2.12. The number of hydrogen-bond acceptors (Lipinski definition) is 5. The highest BCUT2D eigenvalue weighted by Crippen LogP contribution is 2.31. The predicted molar refractivity (Wildman–Crippen MR) is 104 cm³/mol. The first-order valence-corrected chi connectivity index (χ1v) is 8.70. The third kappa shape index (κ3) is 2.81. The maximum atomic E-state index is 12.5. The molecule has 0 saturated heterocycles. The summed E-state index contributed by atoms with van der Waals surface area (Å²) in [6, 6.07) is 12.9. The van der Waals surface area contributed by atoms with E-state index in [-0.39, 0.29) is 11.5 Å². The lowest BCUT2D eigenvalue weighted by atomic mass is 10.2. The summed E-state index contributed by atoms with van der Waals surface area (Å²) >= 11 is 0. The van der Waals surface area contributed by atoms with E-state index in [0.717, 1.165) is 22.3 Å². The molecule has 3 aromatic heterocycles. The van der Waals surface area contributed by atoms with Crippen molar-refractivity contribution in [3.8, 4) is 11.8 Å². The van der Waals surface area contributed by atoms with Gasteiger partial charge in [-0.15, -0.1) is 0 Å². The fourth-order valence-corrected chi connectivity index (χ4v) is 3.19. The van der Waals surface area contributed by atoms with Gasteiger partial charge in [0.25, 0.3) is 5.91 Å². The number of fused-ring (bicyclic) bond motifs is 1. The standard InChI is InChI=1S/C21H17N5O2/c1-12-4-6-15(7-5-12)26-14(3)13(2)18-19(23-11-24-20(18)26)25-21(27)17-9-8-16(10-22)28-17/h4-9,11H,1-3H3,(H,23,24,25,27). The van der Waals surface area contributed by atoms with Crippen molar-refractivity contribution in [2.75, 3.05) is 5.32 Å². The van der Waals surface area contributed by atoms with Gasteiger partial charge in [-0.3, -0.25) is 9.36 Å². The van der Waals surface area contributed by atoms with Gasteiger partial charge < -0.3 is 9.73 Å². The van der Waals surface area contributed by atoms with E-state index in [9.17, 15) is 4.79 Å². The Balaban J connectivity index is 1.81. The van der Waals surface area contributed by atoms with Crippen LogP contribution in [0.3, 0.4) is 0 Å². The van der Waals surface area contributed by atoms with Gasteiger partial charge in [-0.2, -0.15) is 5.26 Å². The van der Waals surface area contributed by atoms with Crippen molar-refractivity contribution in [2.24, 2.45) is 0 Å². The topological polar surface area (TPSA) is 96.7 Å². The molecule has 0 aliphatic carbocycles. The lowest BCUT2D eigenvalue weighted by molar-refractivity contribution is 0.0996. The molecule has 7 heteroatoms. The molecule has 28 heavy (non-hydrogen) atoms. The summed E-state index contributed by atoms with van der Waals surface area (Å²) in [5, 5.41) is 12.4. The molecule has 0 saturated carbocycles. The lowest BCUT2D eigenvalue weighted by Gasteiger charge is -2.08. The van der Waals surface area contributed by atoms with Crippen molar-refractivity contribution in [3.05, 3.63) is 71.1 Å². The summed E-state index contributed by atoms with van der Waals surface area (Å²) in [5.74, 6) is 0.0594. The maximum absolute atomic E-state index is 12.5. The minimum atomic E-state index is -0.471. The minimum absolute atomic E-state index is 0.0515. The van der Waals surface area contributed by atoms with Gasteiger partial charge in [0.2, 0.25) is 5.76 Å². The average molecular weight is 371 g/mol. The second kappa shape index (κ2) is 6.67. The predicted octanol–water partition coefficient (Wildman–Crippen LogP) is 4.06. The van der Waals surface area contributed by atoms with E-state index in [0.29, 0.717) is 11.5 Å². The van der Waals surface area contributed by atoms with Crippen LogP contribution >= 0.6 is 0 Å². The summed E-state index contributed by atoms with van der Waals surface area (Å²) in [7, 11) is 0. The van der Waals surface area contributed by atoms with E-state index in [2.05, 4.69) is 15.3 Å². The smallest absolute Gasteiger partial charge is 0.292 e. The van der Waals surface area contributed by atoms with Crippen LogP contribution in [0.15, 0.2) is 47.1 Å². The van der Waals surface area contributed by atoms with E-state index >= 15 is 0 Å². The number of nitrogens with zero attached hydrogens (tertiary/aromatic N) is 4. The number of carbonyl (C=O) groups excluding carboxylic acids is 1. The van der Waals surface area contributed by atoms with E-state index in [1.54, 1.807) is 0 Å². The fraction of sp³-hybridized carbons (Fsp3) is 0.143. The average Bonchev–Trinajstić information content (AvgIpc) is 3.27. The number of anilines is 1. The van der Waals surface area contributed by atoms with Crippen molar-refractivity contribution in [3.63, 3.8) is 0 Å². The van der Waals surface area contributed by atoms with Gasteiger partial charge >= 0.3 is 0 Å². The number of nitrogens with one attached hydrogen (secondary N) is 1. The Morgan fingerprint density at radius 3 is 2.54 bits per heavy atom. The molecule has 0 spiro atoms. The number of hydrogen-bond donors (Lipinski definition) is 1. The van der Waals surface area contributed by atoms with Crippen molar-refractivity contribution in [1.29, 1.82) is 5.26 Å². The molecule has 0 fully saturated rings. The maximum Gasteiger partial charge on any atom is 0.292 e. The van der Waals surface area contributed by atoms with Gasteiger partial charge in [0.1, 0.15) is 18.2 Å². The first-order chi connectivity index (χ1) is 13.5. The third-order valence-corrected chi connectivity index (χ3v) is 4.76. The van der Waals surface area contributed by atoms with E-state index < -0.39 is 5.91 Å². The zero-order chi connectivity index (χ0) is 19.8. The van der Waals surface area contributed by atoms with Gasteiger partial charge in [-0.05, 0) is 50.6 Å². The summed E-state index contributed by atoms with van der Waals surface area (Å²) in [5.41, 5.74) is 4.86. The Bertz CT molecular complexity index is 1240. The quantitative estimate of drug-likeness (QED) is 0.586. The number of amides is 1. The molecule has 1 aromatic carbocycles. The zero-order valence-electron chi connectivity index (χ0n) is 15.6. The van der Waals surface area contributed by atoms with Crippen LogP contribution in [-0.2, 0) is 0 Å². The zero-order valence-corrected chi connectivity index (χ0v) is 15.6. The van der Waals surface area contributed by atoms with Crippen LogP contribution in [0.25, 0.3) is 16.7 Å². The first kappa shape index (κ1) is 17.5.